The lowest BCUT2D eigenvalue weighted by Crippen LogP contribution is -2.54. The molecule has 0 spiro atoms. The van der Waals surface area contributed by atoms with Gasteiger partial charge in [0, 0.05) is 23.0 Å². The highest BCUT2D eigenvalue weighted by Gasteiger charge is 2.37. The number of urea groups is 1. The minimum atomic E-state index is -0.985. The lowest BCUT2D eigenvalue weighted by molar-refractivity contribution is -0.384. The third-order valence-corrected chi connectivity index (χ3v) is 6.21. The van der Waals surface area contributed by atoms with Crippen LogP contribution in [0.5, 0.6) is 5.75 Å². The topological polar surface area (TPSA) is 119 Å². The number of hydrogen-bond acceptors (Lipinski definition) is 6. The second-order valence-electron chi connectivity index (χ2n) is 7.80. The van der Waals surface area contributed by atoms with E-state index in [1.807, 2.05) is 37.3 Å². The summed E-state index contributed by atoms with van der Waals surface area (Å²) in [5.74, 6) is -1.15. The molecular formula is C26H20BrN3O6. The maximum Gasteiger partial charge on any atom is 0.335 e. The minimum absolute atomic E-state index is 0.0242. The number of nitrogens with one attached hydrogen (secondary N) is 1. The Kier molecular flexibility index (Phi) is 7.25. The first kappa shape index (κ1) is 24.8. The summed E-state index contributed by atoms with van der Waals surface area (Å²) in [7, 11) is 0. The summed E-state index contributed by atoms with van der Waals surface area (Å²) in [5, 5.41) is 13.2. The summed E-state index contributed by atoms with van der Waals surface area (Å²) in [4.78, 5) is 49.3. The number of rotatable bonds is 7. The Labute approximate surface area is 214 Å². The monoisotopic (exact) mass is 549 g/mol. The third-order valence-electron chi connectivity index (χ3n) is 5.44. The van der Waals surface area contributed by atoms with Crippen LogP contribution in [0, 0.1) is 10.1 Å². The fourth-order valence-corrected chi connectivity index (χ4v) is 4.17. The molecule has 0 unspecified atom stereocenters. The van der Waals surface area contributed by atoms with Gasteiger partial charge in [0.05, 0.1) is 17.2 Å². The van der Waals surface area contributed by atoms with Gasteiger partial charge in [-0.25, -0.2) is 9.69 Å². The van der Waals surface area contributed by atoms with Crippen LogP contribution in [0.15, 0.2) is 76.8 Å². The molecule has 9 nitrogen and oxygen atoms in total. The molecule has 4 amide bonds. The quantitative estimate of drug-likeness (QED) is 0.191. The van der Waals surface area contributed by atoms with Gasteiger partial charge in [0.1, 0.15) is 11.3 Å². The predicted molar refractivity (Wildman–Crippen MR) is 137 cm³/mol. The van der Waals surface area contributed by atoms with Crippen LogP contribution in [0.4, 0.5) is 16.2 Å². The molecule has 1 aliphatic heterocycles. The van der Waals surface area contributed by atoms with Crippen molar-refractivity contribution in [2.75, 3.05) is 11.5 Å². The molecule has 10 heteroatoms. The van der Waals surface area contributed by atoms with Crippen molar-refractivity contribution in [1.29, 1.82) is 0 Å². The van der Waals surface area contributed by atoms with E-state index in [0.717, 1.165) is 21.7 Å². The van der Waals surface area contributed by atoms with Crippen molar-refractivity contribution in [1.82, 2.24) is 5.32 Å². The highest BCUT2D eigenvalue weighted by molar-refractivity contribution is 9.10. The van der Waals surface area contributed by atoms with Crippen LogP contribution in [0.1, 0.15) is 23.6 Å². The Hall–Kier alpha value is -4.31. The van der Waals surface area contributed by atoms with Crippen LogP contribution in [0.3, 0.4) is 0 Å². The Bertz CT molecular complexity index is 1420. The zero-order chi connectivity index (χ0) is 25.8. The van der Waals surface area contributed by atoms with Gasteiger partial charge >= 0.3 is 6.03 Å². The van der Waals surface area contributed by atoms with Crippen LogP contribution in [-0.2, 0) is 16.0 Å². The van der Waals surface area contributed by atoms with E-state index in [9.17, 15) is 24.5 Å². The number of nitro groups is 1. The molecule has 1 N–H and O–H groups in total. The Morgan fingerprint density at radius 3 is 2.53 bits per heavy atom. The number of carbonyl (C=O) groups is 3. The molecule has 3 aromatic carbocycles. The Morgan fingerprint density at radius 1 is 1.03 bits per heavy atom. The van der Waals surface area contributed by atoms with E-state index in [1.54, 1.807) is 12.1 Å². The number of halogens is 1. The second-order valence-corrected chi connectivity index (χ2v) is 8.66. The lowest BCUT2D eigenvalue weighted by atomic mass is 10.0. The second kappa shape index (κ2) is 10.5. The normalized spacial score (nSPS) is 14.7. The number of hydrogen-bond donors (Lipinski definition) is 1. The van der Waals surface area contributed by atoms with Crippen LogP contribution in [0.25, 0.3) is 6.08 Å². The number of barbiturate groups is 1. The van der Waals surface area contributed by atoms with Gasteiger partial charge in [-0.05, 0) is 47.9 Å². The summed E-state index contributed by atoms with van der Waals surface area (Å²) in [6, 6.07) is 17.2. The van der Waals surface area contributed by atoms with Gasteiger partial charge in [-0.3, -0.25) is 25.0 Å². The molecule has 1 saturated heterocycles. The van der Waals surface area contributed by atoms with Gasteiger partial charge in [0.25, 0.3) is 17.5 Å². The van der Waals surface area contributed by atoms with Crippen LogP contribution >= 0.6 is 15.9 Å². The number of imide groups is 2. The molecule has 0 aromatic heterocycles. The van der Waals surface area contributed by atoms with Crippen molar-refractivity contribution < 1.29 is 24.0 Å². The van der Waals surface area contributed by atoms with E-state index in [2.05, 4.69) is 21.2 Å². The average molecular weight is 550 g/mol. The summed E-state index contributed by atoms with van der Waals surface area (Å²) in [6.07, 6.45) is 1.96. The highest BCUT2D eigenvalue weighted by atomic mass is 79.9. The van der Waals surface area contributed by atoms with E-state index >= 15 is 0 Å². The van der Waals surface area contributed by atoms with Crippen LogP contribution in [-0.4, -0.2) is 29.4 Å². The fraction of sp³-hybridized carbons (Fsp3) is 0.115. The van der Waals surface area contributed by atoms with Crippen molar-refractivity contribution in [3.05, 3.63) is 104 Å². The molecule has 0 saturated carbocycles. The maximum atomic E-state index is 13.2. The number of amides is 4. The van der Waals surface area contributed by atoms with Gasteiger partial charge in [0.2, 0.25) is 0 Å². The first-order valence-corrected chi connectivity index (χ1v) is 11.7. The van der Waals surface area contributed by atoms with E-state index in [4.69, 9.17) is 4.74 Å². The van der Waals surface area contributed by atoms with Crippen molar-refractivity contribution in [2.24, 2.45) is 0 Å². The molecule has 1 heterocycles. The molecule has 0 aliphatic carbocycles. The smallest absolute Gasteiger partial charge is 0.335 e. The zero-order valence-corrected chi connectivity index (χ0v) is 20.7. The summed E-state index contributed by atoms with van der Waals surface area (Å²) in [5.41, 5.74) is 1.89. The van der Waals surface area contributed by atoms with Gasteiger partial charge in [-0.2, -0.15) is 0 Å². The molecule has 1 aliphatic rings. The molecular weight excluding hydrogens is 530 g/mol. The van der Waals surface area contributed by atoms with Crippen molar-refractivity contribution in [3.8, 4) is 5.75 Å². The van der Waals surface area contributed by atoms with Crippen LogP contribution < -0.4 is 15.0 Å². The SMILES string of the molecule is CCOc1cc(/C=C2\C(=O)NC(=O)N(c3cccc([N+](=O)[O-])c3)C2=O)ccc1Cc1ccccc1Br. The molecule has 0 atom stereocenters. The zero-order valence-electron chi connectivity index (χ0n) is 19.1. The van der Waals surface area contributed by atoms with E-state index in [1.165, 1.54) is 24.3 Å². The molecule has 1 fully saturated rings. The first-order chi connectivity index (χ1) is 17.3. The Morgan fingerprint density at radius 2 is 1.81 bits per heavy atom. The molecule has 0 bridgehead atoms. The maximum absolute atomic E-state index is 13.2. The number of non-ortho nitro benzene ring substituents is 1. The van der Waals surface area contributed by atoms with Crippen molar-refractivity contribution in [3.63, 3.8) is 0 Å². The van der Waals surface area contributed by atoms with E-state index in [0.29, 0.717) is 29.2 Å². The van der Waals surface area contributed by atoms with Crippen LogP contribution in [0.2, 0.25) is 0 Å². The summed E-state index contributed by atoms with van der Waals surface area (Å²) in [6.45, 7) is 2.27. The molecule has 36 heavy (non-hydrogen) atoms. The van der Waals surface area contributed by atoms with Gasteiger partial charge < -0.3 is 4.74 Å². The number of carbonyl (C=O) groups excluding carboxylic acids is 3. The summed E-state index contributed by atoms with van der Waals surface area (Å²) < 4.78 is 6.78. The fourth-order valence-electron chi connectivity index (χ4n) is 3.75. The van der Waals surface area contributed by atoms with Crippen molar-refractivity contribution >= 4 is 51.2 Å². The molecule has 0 radical (unpaired) electrons. The van der Waals surface area contributed by atoms with Gasteiger partial charge in [0.15, 0.2) is 0 Å². The standard InChI is InChI=1S/C26H20BrN3O6/c1-2-36-23-13-16(10-11-18(23)14-17-6-3-4-9-22(17)27)12-21-24(31)28-26(33)29(25(21)32)19-7-5-8-20(15-19)30(34)35/h3-13,15H,2,14H2,1H3,(H,28,31,33)/b21-12+. The van der Waals surface area contributed by atoms with Gasteiger partial charge in [-0.1, -0.05) is 52.3 Å². The van der Waals surface area contributed by atoms with Gasteiger partial charge in [-0.15, -0.1) is 0 Å². The van der Waals surface area contributed by atoms with E-state index < -0.39 is 22.8 Å². The minimum Gasteiger partial charge on any atom is -0.494 e. The third kappa shape index (κ3) is 5.18. The predicted octanol–water partition coefficient (Wildman–Crippen LogP) is 5.01. The number of benzene rings is 3. The van der Waals surface area contributed by atoms with Crippen molar-refractivity contribution in [2.45, 2.75) is 13.3 Å². The molecule has 4 rings (SSSR count). The first-order valence-electron chi connectivity index (χ1n) is 10.9. The number of nitro benzene ring substituents is 1. The van der Waals surface area contributed by atoms with E-state index in [-0.39, 0.29) is 16.9 Å². The Balaban J connectivity index is 1.69. The lowest BCUT2D eigenvalue weighted by Gasteiger charge is -2.26. The molecule has 182 valence electrons. The molecule has 3 aromatic rings. The number of ether oxygens (including phenoxy) is 1. The number of anilines is 1. The average Bonchev–Trinajstić information content (AvgIpc) is 2.85. The highest BCUT2D eigenvalue weighted by Crippen LogP contribution is 2.29. The largest absolute Gasteiger partial charge is 0.494 e. The summed E-state index contributed by atoms with van der Waals surface area (Å²) >= 11 is 3.55. The number of nitrogens with zero attached hydrogens (tertiary/aromatic N) is 2.